The predicted octanol–water partition coefficient (Wildman–Crippen LogP) is 5.42. The summed E-state index contributed by atoms with van der Waals surface area (Å²) in [7, 11) is -3.57. The van der Waals surface area contributed by atoms with Gasteiger partial charge in [-0.05, 0) is 42.0 Å². The zero-order valence-electron chi connectivity index (χ0n) is 17.2. The molecule has 0 atom stereocenters. The van der Waals surface area contributed by atoms with Gasteiger partial charge in [0.05, 0.1) is 14.9 Å². The van der Waals surface area contributed by atoms with Crippen LogP contribution >= 0.6 is 46.3 Å². The van der Waals surface area contributed by atoms with Crippen molar-refractivity contribution in [2.75, 3.05) is 18.4 Å². The summed E-state index contributed by atoms with van der Waals surface area (Å²) in [4.78, 5) is 12.7. The molecule has 0 aliphatic carbocycles. The Morgan fingerprint density at radius 2 is 1.75 bits per heavy atom. The fourth-order valence-electron chi connectivity index (χ4n) is 2.75. The molecule has 1 heterocycles. The Morgan fingerprint density at radius 1 is 1.06 bits per heavy atom. The van der Waals surface area contributed by atoms with E-state index in [-0.39, 0.29) is 4.90 Å². The number of benzene rings is 2. The van der Waals surface area contributed by atoms with E-state index in [2.05, 4.69) is 15.5 Å². The topological polar surface area (TPSA) is 92.3 Å². The largest absolute Gasteiger partial charge is 0.296 e. The number of amides is 1. The maximum absolute atomic E-state index is 12.6. The van der Waals surface area contributed by atoms with Crippen LogP contribution in [0.25, 0.3) is 0 Å². The van der Waals surface area contributed by atoms with E-state index in [1.807, 2.05) is 6.07 Å². The number of thioether (sulfide) groups is 1. The Morgan fingerprint density at radius 3 is 2.38 bits per heavy atom. The molecule has 0 bridgehead atoms. The van der Waals surface area contributed by atoms with Gasteiger partial charge < -0.3 is 0 Å². The van der Waals surface area contributed by atoms with E-state index >= 15 is 0 Å². The summed E-state index contributed by atoms with van der Waals surface area (Å²) in [6, 6.07) is 11.2. The van der Waals surface area contributed by atoms with Crippen molar-refractivity contribution in [1.29, 1.82) is 0 Å². The zero-order valence-corrected chi connectivity index (χ0v) is 21.2. The number of carbonyl (C=O) groups is 1. The molecule has 3 aromatic rings. The summed E-state index contributed by atoms with van der Waals surface area (Å²) in [5.74, 6) is 0.232. The predicted molar refractivity (Wildman–Crippen MR) is 130 cm³/mol. The van der Waals surface area contributed by atoms with Crippen LogP contribution < -0.4 is 5.32 Å². The van der Waals surface area contributed by atoms with Gasteiger partial charge in [0.15, 0.2) is 4.34 Å². The van der Waals surface area contributed by atoms with E-state index in [1.165, 1.54) is 51.7 Å². The first-order valence-electron chi connectivity index (χ1n) is 9.56. The van der Waals surface area contributed by atoms with Gasteiger partial charge in [-0.2, -0.15) is 4.31 Å². The highest BCUT2D eigenvalue weighted by atomic mass is 35.5. The molecule has 32 heavy (non-hydrogen) atoms. The molecule has 2 aromatic carbocycles. The van der Waals surface area contributed by atoms with Crippen LogP contribution in [0.15, 0.2) is 51.7 Å². The van der Waals surface area contributed by atoms with Crippen LogP contribution in [-0.4, -0.2) is 41.9 Å². The molecule has 1 amide bonds. The number of halogens is 2. The van der Waals surface area contributed by atoms with Crippen molar-refractivity contribution in [1.82, 2.24) is 14.5 Å². The minimum Gasteiger partial charge on any atom is -0.296 e. The van der Waals surface area contributed by atoms with Gasteiger partial charge in [-0.1, -0.05) is 66.2 Å². The minimum atomic E-state index is -3.57. The second-order valence-electron chi connectivity index (χ2n) is 6.48. The van der Waals surface area contributed by atoms with Gasteiger partial charge in [0.25, 0.3) is 5.91 Å². The van der Waals surface area contributed by atoms with Gasteiger partial charge in [0.1, 0.15) is 0 Å². The third kappa shape index (κ3) is 6.00. The number of nitrogens with one attached hydrogen (secondary N) is 1. The van der Waals surface area contributed by atoms with Gasteiger partial charge in [-0.3, -0.25) is 10.1 Å². The lowest BCUT2D eigenvalue weighted by Gasteiger charge is -2.18. The number of aromatic nitrogens is 2. The molecular formula is C20H20Cl2N4O3S3. The van der Waals surface area contributed by atoms with E-state index in [4.69, 9.17) is 23.2 Å². The van der Waals surface area contributed by atoms with E-state index < -0.39 is 15.9 Å². The minimum absolute atomic E-state index is 0.148. The van der Waals surface area contributed by atoms with Gasteiger partial charge in [-0.15, -0.1) is 10.2 Å². The maximum Gasteiger partial charge on any atom is 0.257 e. The number of hydrogen-bond acceptors (Lipinski definition) is 7. The third-order valence-corrected chi connectivity index (χ3v) is 9.28. The smallest absolute Gasteiger partial charge is 0.257 e. The number of nitrogens with zero attached hydrogens (tertiary/aromatic N) is 3. The van der Waals surface area contributed by atoms with Crippen LogP contribution in [0.5, 0.6) is 0 Å². The van der Waals surface area contributed by atoms with Gasteiger partial charge in [0.2, 0.25) is 15.2 Å². The molecule has 0 saturated heterocycles. The van der Waals surface area contributed by atoms with Crippen molar-refractivity contribution in [3.05, 3.63) is 63.6 Å². The molecule has 0 fully saturated rings. The molecule has 0 spiro atoms. The highest BCUT2D eigenvalue weighted by Gasteiger charge is 2.22. The van der Waals surface area contributed by atoms with Crippen LogP contribution in [0, 0.1) is 0 Å². The van der Waals surface area contributed by atoms with Crippen molar-refractivity contribution >= 4 is 67.4 Å². The second-order valence-corrected chi connectivity index (χ2v) is 11.4. The van der Waals surface area contributed by atoms with Gasteiger partial charge >= 0.3 is 0 Å². The Kier molecular flexibility index (Phi) is 8.54. The first-order chi connectivity index (χ1) is 15.2. The normalized spacial score (nSPS) is 11.7. The van der Waals surface area contributed by atoms with E-state index in [0.29, 0.717) is 43.9 Å². The zero-order chi connectivity index (χ0) is 23.3. The Labute approximate surface area is 205 Å². The summed E-state index contributed by atoms with van der Waals surface area (Å²) >= 11 is 14.7. The molecule has 0 radical (unpaired) electrons. The van der Waals surface area contributed by atoms with Crippen molar-refractivity contribution in [3.8, 4) is 0 Å². The summed E-state index contributed by atoms with van der Waals surface area (Å²) in [5, 5.41) is 12.1. The molecule has 7 nitrogen and oxygen atoms in total. The van der Waals surface area contributed by atoms with E-state index in [0.717, 1.165) is 5.56 Å². The molecule has 12 heteroatoms. The lowest BCUT2D eigenvalue weighted by atomic mass is 10.2. The van der Waals surface area contributed by atoms with Crippen LogP contribution in [0.2, 0.25) is 10.0 Å². The van der Waals surface area contributed by atoms with Gasteiger partial charge in [0, 0.05) is 24.4 Å². The first kappa shape index (κ1) is 24.9. The molecule has 3 rings (SSSR count). The fourth-order valence-corrected chi connectivity index (χ4v) is 6.22. The van der Waals surface area contributed by atoms with E-state index in [9.17, 15) is 13.2 Å². The van der Waals surface area contributed by atoms with Crippen LogP contribution in [0.3, 0.4) is 0 Å². The number of hydrogen-bond donors (Lipinski definition) is 1. The molecule has 0 unspecified atom stereocenters. The lowest BCUT2D eigenvalue weighted by Crippen LogP contribution is -2.30. The molecule has 0 aliphatic heterocycles. The first-order valence-corrected chi connectivity index (χ1v) is 13.6. The quantitative estimate of drug-likeness (QED) is 0.293. The Hall–Kier alpha value is -1.69. The van der Waals surface area contributed by atoms with Crippen molar-refractivity contribution in [2.24, 2.45) is 0 Å². The van der Waals surface area contributed by atoms with Crippen molar-refractivity contribution in [2.45, 2.75) is 28.8 Å². The SMILES string of the molecule is CCN(CC)S(=O)(=O)c1ccc(C(=O)Nc2nnc(SCc3ccc(Cl)c(Cl)c3)s2)cc1. The monoisotopic (exact) mass is 530 g/mol. The average Bonchev–Trinajstić information content (AvgIpc) is 3.22. The molecule has 0 aliphatic rings. The van der Waals surface area contributed by atoms with Crippen molar-refractivity contribution in [3.63, 3.8) is 0 Å². The molecular weight excluding hydrogens is 511 g/mol. The molecule has 1 aromatic heterocycles. The number of anilines is 1. The Balaban J connectivity index is 1.61. The summed E-state index contributed by atoms with van der Waals surface area (Å²) in [6.45, 7) is 4.32. The molecule has 0 saturated carbocycles. The van der Waals surface area contributed by atoms with E-state index in [1.54, 1.807) is 26.0 Å². The number of sulfonamides is 1. The second kappa shape index (κ2) is 11.0. The standard InChI is InChI=1S/C20H20Cl2N4O3S3/c1-3-26(4-2)32(28,29)15-8-6-14(7-9-15)18(27)23-19-24-25-20(31-19)30-12-13-5-10-16(21)17(22)11-13/h5-11H,3-4,12H2,1-2H3,(H,23,24,27). The highest BCUT2D eigenvalue weighted by molar-refractivity contribution is 8.00. The molecule has 170 valence electrons. The maximum atomic E-state index is 12.6. The summed E-state index contributed by atoms with van der Waals surface area (Å²) in [6.07, 6.45) is 0. The van der Waals surface area contributed by atoms with Crippen LogP contribution in [0.1, 0.15) is 29.8 Å². The van der Waals surface area contributed by atoms with Crippen LogP contribution in [-0.2, 0) is 15.8 Å². The molecule has 1 N–H and O–H groups in total. The average molecular weight is 532 g/mol. The number of carbonyl (C=O) groups excluding carboxylic acids is 1. The lowest BCUT2D eigenvalue weighted by molar-refractivity contribution is 0.102. The third-order valence-electron chi connectivity index (χ3n) is 4.43. The summed E-state index contributed by atoms with van der Waals surface area (Å²) in [5.41, 5.74) is 1.31. The Bertz CT molecular complexity index is 1200. The van der Waals surface area contributed by atoms with Crippen molar-refractivity contribution < 1.29 is 13.2 Å². The van der Waals surface area contributed by atoms with Crippen LogP contribution in [0.4, 0.5) is 5.13 Å². The fraction of sp³-hybridized carbons (Fsp3) is 0.250. The van der Waals surface area contributed by atoms with Gasteiger partial charge in [-0.25, -0.2) is 8.42 Å². The highest BCUT2D eigenvalue weighted by Crippen LogP contribution is 2.30. The summed E-state index contributed by atoms with van der Waals surface area (Å²) < 4.78 is 27.2. The number of rotatable bonds is 9.